The number of nitrogens with one attached hydrogen (secondary N) is 1. The number of anilines is 1. The first-order valence-corrected chi connectivity index (χ1v) is 6.61. The topological polar surface area (TPSA) is 92.5 Å². The second-order valence-corrected chi connectivity index (χ2v) is 5.14. The largest absolute Gasteiger partial charge is 0.481 e. The third-order valence-electron chi connectivity index (χ3n) is 2.71. The third kappa shape index (κ3) is 4.86. The highest BCUT2D eigenvalue weighted by Crippen LogP contribution is 2.27. The number of nitrogens with zero attached hydrogens (tertiary/aromatic N) is 1. The van der Waals surface area contributed by atoms with E-state index < -0.39 is 16.8 Å². The molecule has 0 radical (unpaired) electrons. The molecule has 0 saturated heterocycles. The molecule has 2 N–H and O–H groups in total. The summed E-state index contributed by atoms with van der Waals surface area (Å²) >= 11 is 3.26. The summed E-state index contributed by atoms with van der Waals surface area (Å²) in [6, 6.07) is 4.67. The van der Waals surface area contributed by atoms with Crippen molar-refractivity contribution in [1.82, 2.24) is 0 Å². The van der Waals surface area contributed by atoms with Crippen molar-refractivity contribution < 1.29 is 14.8 Å². The van der Waals surface area contributed by atoms with Crippen LogP contribution in [0, 0.1) is 16.0 Å². The minimum Gasteiger partial charge on any atom is -0.481 e. The average molecular weight is 331 g/mol. The van der Waals surface area contributed by atoms with Crippen LogP contribution in [0.15, 0.2) is 22.7 Å². The quantitative estimate of drug-likeness (QED) is 0.454. The van der Waals surface area contributed by atoms with E-state index in [1.807, 2.05) is 0 Å². The summed E-state index contributed by atoms with van der Waals surface area (Å²) in [5, 5.41) is 22.5. The Morgan fingerprint density at radius 3 is 2.84 bits per heavy atom. The molecule has 0 spiro atoms. The molecule has 0 saturated carbocycles. The fourth-order valence-electron chi connectivity index (χ4n) is 1.56. The highest BCUT2D eigenvalue weighted by atomic mass is 79.9. The maximum atomic E-state index is 10.8. The van der Waals surface area contributed by atoms with Crippen LogP contribution in [0.2, 0.25) is 0 Å². The van der Waals surface area contributed by atoms with Gasteiger partial charge in [0.05, 0.1) is 10.8 Å². The molecule has 0 aliphatic heterocycles. The van der Waals surface area contributed by atoms with Gasteiger partial charge < -0.3 is 10.4 Å². The Bertz CT molecular complexity index is 479. The molecular formula is C12H15BrN2O4. The zero-order chi connectivity index (χ0) is 14.4. The smallest absolute Gasteiger partial charge is 0.306 e. The van der Waals surface area contributed by atoms with Crippen molar-refractivity contribution in [3.8, 4) is 0 Å². The van der Waals surface area contributed by atoms with Crippen molar-refractivity contribution in [3.05, 3.63) is 32.8 Å². The molecule has 104 valence electrons. The maximum absolute atomic E-state index is 10.8. The predicted molar refractivity (Wildman–Crippen MR) is 75.3 cm³/mol. The molecule has 0 heterocycles. The Morgan fingerprint density at radius 2 is 2.26 bits per heavy atom. The van der Waals surface area contributed by atoms with Crippen molar-refractivity contribution in [2.24, 2.45) is 5.92 Å². The van der Waals surface area contributed by atoms with Crippen molar-refractivity contribution >= 4 is 33.3 Å². The average Bonchev–Trinajstić information content (AvgIpc) is 2.33. The zero-order valence-electron chi connectivity index (χ0n) is 10.4. The van der Waals surface area contributed by atoms with Crippen LogP contribution in [0.4, 0.5) is 11.4 Å². The van der Waals surface area contributed by atoms with E-state index in [0.717, 1.165) is 4.47 Å². The molecule has 6 nitrogen and oxygen atoms in total. The maximum Gasteiger partial charge on any atom is 0.306 e. The lowest BCUT2D eigenvalue weighted by Crippen LogP contribution is -2.12. The van der Waals surface area contributed by atoms with Gasteiger partial charge in [0.1, 0.15) is 5.69 Å². The van der Waals surface area contributed by atoms with Gasteiger partial charge in [-0.05, 0) is 25.0 Å². The van der Waals surface area contributed by atoms with Crippen LogP contribution in [0.5, 0.6) is 0 Å². The molecule has 1 aromatic rings. The van der Waals surface area contributed by atoms with E-state index in [4.69, 9.17) is 5.11 Å². The first kappa shape index (κ1) is 15.4. The highest BCUT2D eigenvalue weighted by molar-refractivity contribution is 9.10. The number of benzene rings is 1. The number of hydrogen-bond donors (Lipinski definition) is 2. The van der Waals surface area contributed by atoms with Gasteiger partial charge in [-0.15, -0.1) is 0 Å². The number of carbonyl (C=O) groups is 1. The monoisotopic (exact) mass is 330 g/mol. The van der Waals surface area contributed by atoms with Crippen LogP contribution in [-0.4, -0.2) is 22.5 Å². The molecule has 0 fully saturated rings. The first-order chi connectivity index (χ1) is 8.91. The summed E-state index contributed by atoms with van der Waals surface area (Å²) < 4.78 is 0.750. The first-order valence-electron chi connectivity index (χ1n) is 5.82. The molecule has 0 bridgehead atoms. The van der Waals surface area contributed by atoms with Crippen molar-refractivity contribution in [2.75, 3.05) is 11.9 Å². The van der Waals surface area contributed by atoms with Gasteiger partial charge in [0.2, 0.25) is 0 Å². The van der Waals surface area contributed by atoms with Gasteiger partial charge in [-0.1, -0.05) is 22.9 Å². The minimum absolute atomic E-state index is 0.00878. The van der Waals surface area contributed by atoms with Gasteiger partial charge >= 0.3 is 5.97 Å². The lowest BCUT2D eigenvalue weighted by Gasteiger charge is -2.09. The van der Waals surface area contributed by atoms with E-state index in [2.05, 4.69) is 21.2 Å². The van der Waals surface area contributed by atoms with Gasteiger partial charge in [0, 0.05) is 17.1 Å². The molecule has 7 heteroatoms. The molecule has 0 aliphatic carbocycles. The Labute approximate surface area is 119 Å². The Morgan fingerprint density at radius 1 is 1.58 bits per heavy atom. The molecule has 0 amide bonds. The van der Waals surface area contributed by atoms with Crippen molar-refractivity contribution in [2.45, 2.75) is 19.8 Å². The summed E-state index contributed by atoms with van der Waals surface area (Å²) in [7, 11) is 0. The van der Waals surface area contributed by atoms with Crippen LogP contribution in [-0.2, 0) is 4.79 Å². The van der Waals surface area contributed by atoms with E-state index in [9.17, 15) is 14.9 Å². The van der Waals surface area contributed by atoms with E-state index in [-0.39, 0.29) is 5.69 Å². The Hall–Kier alpha value is -1.63. The van der Waals surface area contributed by atoms with E-state index in [1.165, 1.54) is 6.07 Å². The van der Waals surface area contributed by atoms with Crippen molar-refractivity contribution in [3.63, 3.8) is 0 Å². The lowest BCUT2D eigenvalue weighted by molar-refractivity contribution is -0.384. The lowest BCUT2D eigenvalue weighted by atomic mass is 10.1. The second kappa shape index (κ2) is 7.08. The van der Waals surface area contributed by atoms with E-state index in [0.29, 0.717) is 25.1 Å². The summed E-state index contributed by atoms with van der Waals surface area (Å²) in [6.07, 6.45) is 1.17. The van der Waals surface area contributed by atoms with E-state index >= 15 is 0 Å². The summed E-state index contributed by atoms with van der Waals surface area (Å²) in [5.41, 5.74) is 0.442. The Balaban J connectivity index is 2.55. The molecule has 1 atom stereocenters. The van der Waals surface area contributed by atoms with Gasteiger partial charge in [-0.2, -0.15) is 0 Å². The van der Waals surface area contributed by atoms with E-state index in [1.54, 1.807) is 19.1 Å². The van der Waals surface area contributed by atoms with Crippen LogP contribution < -0.4 is 5.32 Å². The number of carboxylic acids is 1. The fourth-order valence-corrected chi connectivity index (χ4v) is 1.92. The molecule has 1 aromatic carbocycles. The molecule has 19 heavy (non-hydrogen) atoms. The number of carboxylic acid groups (broad SMARTS) is 1. The van der Waals surface area contributed by atoms with Crippen LogP contribution in [0.25, 0.3) is 0 Å². The predicted octanol–water partition coefficient (Wildman–Crippen LogP) is 3.27. The summed E-state index contributed by atoms with van der Waals surface area (Å²) in [4.78, 5) is 21.0. The van der Waals surface area contributed by atoms with Crippen LogP contribution in [0.1, 0.15) is 19.8 Å². The number of hydrogen-bond acceptors (Lipinski definition) is 4. The summed E-state index contributed by atoms with van der Waals surface area (Å²) in [5.74, 6) is -1.23. The Kier molecular flexibility index (Phi) is 5.75. The highest BCUT2D eigenvalue weighted by Gasteiger charge is 2.14. The van der Waals surface area contributed by atoms with Gasteiger partial charge in [-0.3, -0.25) is 14.9 Å². The van der Waals surface area contributed by atoms with Gasteiger partial charge in [0.15, 0.2) is 0 Å². The normalized spacial score (nSPS) is 11.9. The second-order valence-electron chi connectivity index (χ2n) is 4.23. The molecule has 1 rings (SSSR count). The number of aliphatic carboxylic acids is 1. The molecular weight excluding hydrogens is 316 g/mol. The SMILES string of the molecule is CC(CCCNc1cc(Br)ccc1[N+](=O)[O-])C(=O)O. The van der Waals surface area contributed by atoms with Crippen molar-refractivity contribution in [1.29, 1.82) is 0 Å². The minimum atomic E-state index is -0.826. The molecule has 0 aromatic heterocycles. The fraction of sp³-hybridized carbons (Fsp3) is 0.417. The number of rotatable bonds is 7. The summed E-state index contributed by atoms with van der Waals surface area (Å²) in [6.45, 7) is 2.14. The molecule has 0 aliphatic rings. The third-order valence-corrected chi connectivity index (χ3v) is 3.20. The standard InChI is InChI=1S/C12H15BrN2O4/c1-8(12(16)17)3-2-6-14-10-7-9(13)4-5-11(10)15(18)19/h4-5,7-8,14H,2-3,6H2,1H3,(H,16,17). The molecule has 1 unspecified atom stereocenters. The van der Waals surface area contributed by atoms with Crippen LogP contribution in [0.3, 0.4) is 0 Å². The van der Waals surface area contributed by atoms with Gasteiger partial charge in [0.25, 0.3) is 5.69 Å². The number of halogens is 1. The van der Waals surface area contributed by atoms with Crippen LogP contribution >= 0.6 is 15.9 Å². The zero-order valence-corrected chi connectivity index (χ0v) is 12.0. The number of nitro groups is 1. The van der Waals surface area contributed by atoms with Gasteiger partial charge in [-0.25, -0.2) is 0 Å². The number of nitro benzene ring substituents is 1.